The van der Waals surface area contributed by atoms with Gasteiger partial charge in [0.05, 0.1) is 10.8 Å². The minimum absolute atomic E-state index is 0.0426. The van der Waals surface area contributed by atoms with E-state index in [0.29, 0.717) is 9.75 Å². The van der Waals surface area contributed by atoms with Crippen molar-refractivity contribution in [2.45, 2.75) is 38.5 Å². The highest BCUT2D eigenvalue weighted by Gasteiger charge is 2.53. The van der Waals surface area contributed by atoms with Gasteiger partial charge in [-0.05, 0) is 155 Å². The van der Waals surface area contributed by atoms with Gasteiger partial charge in [-0.15, -0.1) is 22.7 Å². The molecule has 12 heteroatoms. The van der Waals surface area contributed by atoms with Crippen LogP contribution < -0.4 is 0 Å². The van der Waals surface area contributed by atoms with Crippen LogP contribution in [0, 0.1) is 96.3 Å². The van der Waals surface area contributed by atoms with Crippen molar-refractivity contribution in [3.05, 3.63) is 290 Å². The molecule has 0 amide bonds. The van der Waals surface area contributed by atoms with Crippen molar-refractivity contribution in [2.75, 3.05) is 0 Å². The lowest BCUT2D eigenvalue weighted by Crippen LogP contribution is -2.30. The molecule has 82 heavy (non-hydrogen) atoms. The topological polar surface area (TPSA) is 129 Å². The first kappa shape index (κ1) is 51.4. The number of thiophene rings is 2. The van der Waals surface area contributed by atoms with Gasteiger partial charge < -0.3 is 0 Å². The van der Waals surface area contributed by atoms with E-state index in [1.807, 2.05) is 64.1 Å². The molecular formula is C70H38F4N4O2S2. The second kappa shape index (κ2) is 18.8. The van der Waals surface area contributed by atoms with Crippen LogP contribution in [-0.2, 0) is 10.8 Å². The maximum Gasteiger partial charge on any atom is 0.194 e. The summed E-state index contributed by atoms with van der Waals surface area (Å²) in [4.78, 5) is 31.8. The van der Waals surface area contributed by atoms with Gasteiger partial charge in [0.15, 0.2) is 34.8 Å². The first-order chi connectivity index (χ1) is 39.5. The van der Waals surface area contributed by atoms with E-state index in [1.165, 1.54) is 22.7 Å². The van der Waals surface area contributed by atoms with Crippen molar-refractivity contribution in [2.24, 2.45) is 0 Å². The number of ketones is 2. The van der Waals surface area contributed by atoms with Crippen molar-refractivity contribution in [1.29, 1.82) is 21.0 Å². The van der Waals surface area contributed by atoms with Gasteiger partial charge in [-0.25, -0.2) is 17.6 Å². The van der Waals surface area contributed by atoms with Crippen LogP contribution in [0.2, 0.25) is 0 Å². The standard InChI is InChI=1S/C70H38F4N4O2S2/c1-35-5-13-41(14-6-35)69(42-15-7-36(2)8-16-42)55-25-52-56(26-51(55)67-57(69)23-45(81-67)21-53-63(39(31-75)32-76)47-27-59(71)61(73)29-49(47)65(53)79)70(43-17-9-37(3)10-18-43,44-19-11-38(4)12-20-44)58-24-46(82-68(52)58)22-54-64(40(33-77)34-78)48-28-60(72)62(74)30-50(48)66(54)80/h5-30H,1-4H3/b53-21-,54-22-. The fraction of sp³-hybridized carbons (Fsp3) is 0.0857. The number of carbonyl (C=O) groups excluding carboxylic acids is 2. The van der Waals surface area contributed by atoms with Gasteiger partial charge in [0.1, 0.15) is 35.4 Å². The molecular weight excluding hydrogens is 1070 g/mol. The van der Waals surface area contributed by atoms with Crippen molar-refractivity contribution < 1.29 is 27.2 Å². The lowest BCUT2D eigenvalue weighted by molar-refractivity contribution is 0.103. The second-order valence-corrected chi connectivity index (χ2v) is 23.2. The summed E-state index contributed by atoms with van der Waals surface area (Å²) in [6, 6.07) is 52.9. The highest BCUT2D eigenvalue weighted by molar-refractivity contribution is 7.17. The van der Waals surface area contributed by atoms with E-state index in [-0.39, 0.29) is 44.5 Å². The number of benzene rings is 7. The van der Waals surface area contributed by atoms with Crippen LogP contribution in [0.5, 0.6) is 0 Å². The Morgan fingerprint density at radius 1 is 0.390 bits per heavy atom. The van der Waals surface area contributed by atoms with Gasteiger partial charge in [-0.3, -0.25) is 9.59 Å². The van der Waals surface area contributed by atoms with Crippen LogP contribution in [0.1, 0.15) is 108 Å². The van der Waals surface area contributed by atoms with Crippen molar-refractivity contribution >= 4 is 57.5 Å². The third kappa shape index (κ3) is 7.26. The molecule has 0 spiro atoms. The third-order valence-corrected chi connectivity index (χ3v) is 18.6. The van der Waals surface area contributed by atoms with E-state index in [9.17, 15) is 48.2 Å². The van der Waals surface area contributed by atoms with Gasteiger partial charge >= 0.3 is 0 Å². The molecule has 0 bridgehead atoms. The monoisotopic (exact) mass is 1110 g/mol. The van der Waals surface area contributed by atoms with Gasteiger partial charge in [0.2, 0.25) is 0 Å². The number of fused-ring (bicyclic) bond motifs is 8. The molecule has 0 fully saturated rings. The van der Waals surface area contributed by atoms with Gasteiger partial charge in [0, 0.05) is 52.9 Å². The van der Waals surface area contributed by atoms with Crippen LogP contribution in [0.4, 0.5) is 17.6 Å². The number of halogens is 4. The average molecular weight is 1110 g/mol. The van der Waals surface area contributed by atoms with Crippen LogP contribution >= 0.6 is 22.7 Å². The summed E-state index contributed by atoms with van der Waals surface area (Å²) >= 11 is 2.83. The summed E-state index contributed by atoms with van der Waals surface area (Å²) in [7, 11) is 0. The Morgan fingerprint density at radius 2 is 0.671 bits per heavy atom. The van der Waals surface area contributed by atoms with Crippen molar-refractivity contribution in [1.82, 2.24) is 0 Å². The molecule has 4 aliphatic rings. The molecule has 0 aliphatic heterocycles. The summed E-state index contributed by atoms with van der Waals surface area (Å²) in [6.07, 6.45) is 3.22. The van der Waals surface area contributed by atoms with Crippen LogP contribution in [0.3, 0.4) is 0 Å². The Kier molecular flexibility index (Phi) is 11.8. The van der Waals surface area contributed by atoms with Crippen LogP contribution in [0.15, 0.2) is 168 Å². The first-order valence-electron chi connectivity index (χ1n) is 25.9. The zero-order valence-corrected chi connectivity index (χ0v) is 45.6. The Morgan fingerprint density at radius 3 is 0.951 bits per heavy atom. The zero-order chi connectivity index (χ0) is 57.3. The molecule has 7 aromatic carbocycles. The minimum atomic E-state index is -1.24. The number of Topliss-reactive ketones (excluding diaryl/α,β-unsaturated/α-hetero) is 2. The molecule has 13 rings (SSSR count). The average Bonchev–Trinajstić information content (AvgIpc) is 2.98. The lowest BCUT2D eigenvalue weighted by Gasteiger charge is -2.35. The maximum absolute atomic E-state index is 15.0. The lowest BCUT2D eigenvalue weighted by atomic mass is 9.65. The fourth-order valence-electron chi connectivity index (χ4n) is 12.7. The van der Waals surface area contributed by atoms with Crippen molar-refractivity contribution in [3.63, 3.8) is 0 Å². The number of carbonyl (C=O) groups is 2. The molecule has 0 unspecified atom stereocenters. The van der Waals surface area contributed by atoms with E-state index in [1.54, 1.807) is 12.2 Å². The SMILES string of the molecule is Cc1ccc(C2(c3ccc(C)cc3)c3cc4c(cc3-c3sc(/C=C5\C(=O)c6cc(F)c(F)cc6C5=C(C#N)C#N)cc32)C(c2ccc(C)cc2)(c2ccc(C)cc2)c2cc(/C=C3\C(=O)c5cc(F)c(F)cc5C3=C(C#N)C#N)sc2-4)cc1. The number of hydrogen-bond donors (Lipinski definition) is 0. The summed E-state index contributed by atoms with van der Waals surface area (Å²) in [5, 5.41) is 40.9. The second-order valence-electron chi connectivity index (χ2n) is 21.0. The smallest absolute Gasteiger partial charge is 0.194 e. The van der Waals surface area contributed by atoms with E-state index in [4.69, 9.17) is 0 Å². The van der Waals surface area contributed by atoms with Crippen molar-refractivity contribution in [3.8, 4) is 45.2 Å². The highest BCUT2D eigenvalue weighted by Crippen LogP contribution is 2.65. The van der Waals surface area contributed by atoms with Crippen LogP contribution in [0.25, 0.3) is 44.2 Å². The molecule has 0 radical (unpaired) electrons. The predicted octanol–water partition coefficient (Wildman–Crippen LogP) is 16.5. The van der Waals surface area contributed by atoms with E-state index in [2.05, 4.69) is 109 Å². The predicted molar refractivity (Wildman–Crippen MR) is 309 cm³/mol. The Bertz CT molecular complexity index is 4290. The molecule has 6 nitrogen and oxygen atoms in total. The number of aryl methyl sites for hydroxylation is 4. The minimum Gasteiger partial charge on any atom is -0.289 e. The molecule has 2 aromatic heterocycles. The Balaban J connectivity index is 1.13. The highest BCUT2D eigenvalue weighted by atomic mass is 32.1. The number of hydrogen-bond acceptors (Lipinski definition) is 8. The number of rotatable bonds is 6. The molecule has 0 saturated carbocycles. The molecule has 4 aliphatic carbocycles. The third-order valence-electron chi connectivity index (χ3n) is 16.4. The summed E-state index contributed by atoms with van der Waals surface area (Å²) < 4.78 is 59.7. The molecule has 0 N–H and O–H groups in total. The number of allylic oxidation sites excluding steroid dienone is 6. The van der Waals surface area contributed by atoms with E-state index < -0.39 is 56.8 Å². The number of nitriles is 4. The van der Waals surface area contributed by atoms with Gasteiger partial charge in [-0.1, -0.05) is 119 Å². The normalized spacial score (nSPS) is 15.5. The van der Waals surface area contributed by atoms with Crippen LogP contribution in [-0.4, -0.2) is 11.6 Å². The Hall–Kier alpha value is -10.1. The summed E-state index contributed by atoms with van der Waals surface area (Å²) in [6.45, 7) is 8.07. The first-order valence-corrected chi connectivity index (χ1v) is 27.6. The quantitative estimate of drug-likeness (QED) is 0.0926. The molecule has 390 valence electrons. The molecule has 2 heterocycles. The zero-order valence-electron chi connectivity index (χ0n) is 43.9. The Labute approximate surface area is 476 Å². The summed E-state index contributed by atoms with van der Waals surface area (Å²) in [5.41, 5.74) is 9.73. The largest absolute Gasteiger partial charge is 0.289 e. The maximum atomic E-state index is 15.0. The van der Waals surface area contributed by atoms with Gasteiger partial charge in [-0.2, -0.15) is 21.0 Å². The van der Waals surface area contributed by atoms with E-state index in [0.717, 1.165) is 112 Å². The molecule has 0 atom stereocenters. The summed E-state index contributed by atoms with van der Waals surface area (Å²) in [5.74, 6) is -6.23. The molecule has 9 aromatic rings. The molecule has 0 saturated heterocycles. The fourth-order valence-corrected chi connectivity index (χ4v) is 15.0. The number of nitrogens with zero attached hydrogens (tertiary/aromatic N) is 4. The van der Waals surface area contributed by atoms with E-state index >= 15 is 0 Å². The van der Waals surface area contributed by atoms with Gasteiger partial charge in [0.25, 0.3) is 0 Å².